The number of aryl methyl sites for hydroxylation is 2. The van der Waals surface area contributed by atoms with Crippen LogP contribution in [0, 0.1) is 13.8 Å². The minimum atomic E-state index is -0.334. The van der Waals surface area contributed by atoms with E-state index in [1.807, 2.05) is 50.2 Å². The van der Waals surface area contributed by atoms with Crippen molar-refractivity contribution in [1.82, 2.24) is 9.55 Å². The molecule has 2 aromatic carbocycles. The molecule has 26 heavy (non-hydrogen) atoms. The predicted octanol–water partition coefficient (Wildman–Crippen LogP) is 3.41. The van der Waals surface area contributed by atoms with E-state index in [0.717, 1.165) is 16.8 Å². The van der Waals surface area contributed by atoms with Crippen LogP contribution in [0.5, 0.6) is 0 Å². The summed E-state index contributed by atoms with van der Waals surface area (Å²) < 4.78 is 6.69. The van der Waals surface area contributed by atoms with Crippen molar-refractivity contribution in [2.45, 2.75) is 30.7 Å². The van der Waals surface area contributed by atoms with Crippen LogP contribution in [0.3, 0.4) is 0 Å². The van der Waals surface area contributed by atoms with E-state index in [1.165, 1.54) is 11.8 Å². The number of carbonyl (C=O) groups excluding carboxylic acids is 1. The molecule has 6 heteroatoms. The Morgan fingerprint density at radius 3 is 2.73 bits per heavy atom. The second-order valence-corrected chi connectivity index (χ2v) is 7.57. The third-order valence-electron chi connectivity index (χ3n) is 4.49. The number of esters is 1. The van der Waals surface area contributed by atoms with Gasteiger partial charge >= 0.3 is 5.97 Å². The molecule has 4 rings (SSSR count). The largest absolute Gasteiger partial charge is 0.465 e. The number of rotatable bonds is 3. The Morgan fingerprint density at radius 1 is 1.15 bits per heavy atom. The summed E-state index contributed by atoms with van der Waals surface area (Å²) in [6.45, 7) is 4.37. The highest BCUT2D eigenvalue weighted by atomic mass is 32.2. The van der Waals surface area contributed by atoms with Gasteiger partial charge in [0.25, 0.3) is 5.56 Å². The van der Waals surface area contributed by atoms with E-state index in [1.54, 1.807) is 10.6 Å². The second-order valence-electron chi connectivity index (χ2n) is 6.40. The van der Waals surface area contributed by atoms with Crippen LogP contribution in [-0.2, 0) is 9.53 Å². The molecule has 1 aromatic heterocycles. The summed E-state index contributed by atoms with van der Waals surface area (Å²) in [6, 6.07) is 13.3. The standard InChI is InChI=1S/C20H18N2O3S/c1-12-7-8-13(2)16(11-12)22-18(23)14-5-3-4-6-15(14)21-20(22)26-17-9-10-25-19(17)24/h3-8,11,17H,9-10H2,1-2H3/t17-/m1/s1. The first-order valence-electron chi connectivity index (χ1n) is 8.47. The molecule has 1 fully saturated rings. The van der Waals surface area contributed by atoms with Crippen LogP contribution in [0.15, 0.2) is 52.4 Å². The highest BCUT2D eigenvalue weighted by Gasteiger charge is 2.30. The molecule has 0 N–H and O–H groups in total. The van der Waals surface area contributed by atoms with Gasteiger partial charge in [-0.1, -0.05) is 36.0 Å². The maximum Gasteiger partial charge on any atom is 0.319 e. The number of hydrogen-bond acceptors (Lipinski definition) is 5. The minimum Gasteiger partial charge on any atom is -0.465 e. The van der Waals surface area contributed by atoms with Crippen LogP contribution in [-0.4, -0.2) is 27.4 Å². The van der Waals surface area contributed by atoms with E-state index in [9.17, 15) is 9.59 Å². The summed E-state index contributed by atoms with van der Waals surface area (Å²) in [6.07, 6.45) is 0.624. The Kier molecular flexibility index (Phi) is 4.28. The predicted molar refractivity (Wildman–Crippen MR) is 102 cm³/mol. The second kappa shape index (κ2) is 6.61. The lowest BCUT2D eigenvalue weighted by Crippen LogP contribution is -2.24. The quantitative estimate of drug-likeness (QED) is 0.525. The van der Waals surface area contributed by atoms with Crippen LogP contribution < -0.4 is 5.56 Å². The highest BCUT2D eigenvalue weighted by molar-refractivity contribution is 8.00. The maximum atomic E-state index is 13.3. The molecule has 0 aliphatic carbocycles. The van der Waals surface area contributed by atoms with Crippen LogP contribution in [0.2, 0.25) is 0 Å². The van der Waals surface area contributed by atoms with Gasteiger partial charge in [0, 0.05) is 6.42 Å². The summed E-state index contributed by atoms with van der Waals surface area (Å²) in [5.41, 5.74) is 3.33. The van der Waals surface area contributed by atoms with E-state index in [0.29, 0.717) is 29.1 Å². The zero-order chi connectivity index (χ0) is 18.3. The third-order valence-corrected chi connectivity index (χ3v) is 5.68. The molecule has 1 aliphatic rings. The van der Waals surface area contributed by atoms with E-state index in [2.05, 4.69) is 0 Å². The first-order chi connectivity index (χ1) is 12.5. The van der Waals surface area contributed by atoms with Gasteiger partial charge in [0.1, 0.15) is 5.25 Å². The first-order valence-corrected chi connectivity index (χ1v) is 9.35. The monoisotopic (exact) mass is 366 g/mol. The average molecular weight is 366 g/mol. The lowest BCUT2D eigenvalue weighted by Gasteiger charge is -2.16. The molecule has 0 unspecified atom stereocenters. The van der Waals surface area contributed by atoms with Crippen molar-refractivity contribution in [3.05, 3.63) is 63.9 Å². The number of carbonyl (C=O) groups is 1. The molecule has 0 bridgehead atoms. The Hall–Kier alpha value is -2.60. The van der Waals surface area contributed by atoms with Crippen molar-refractivity contribution in [2.24, 2.45) is 0 Å². The van der Waals surface area contributed by atoms with Crippen LogP contribution in [0.1, 0.15) is 17.5 Å². The van der Waals surface area contributed by atoms with E-state index in [-0.39, 0.29) is 16.8 Å². The lowest BCUT2D eigenvalue weighted by atomic mass is 10.1. The summed E-state index contributed by atoms with van der Waals surface area (Å²) in [4.78, 5) is 29.9. The molecule has 132 valence electrons. The van der Waals surface area contributed by atoms with Crippen molar-refractivity contribution in [3.63, 3.8) is 0 Å². The van der Waals surface area contributed by atoms with Gasteiger partial charge in [0.2, 0.25) is 0 Å². The number of thioether (sulfide) groups is 1. The van der Waals surface area contributed by atoms with Crippen molar-refractivity contribution < 1.29 is 9.53 Å². The Bertz CT molecular complexity index is 1070. The van der Waals surface area contributed by atoms with Gasteiger partial charge < -0.3 is 4.74 Å². The number of fused-ring (bicyclic) bond motifs is 1. The zero-order valence-corrected chi connectivity index (χ0v) is 15.4. The summed E-state index contributed by atoms with van der Waals surface area (Å²) in [5, 5.41) is 0.748. The van der Waals surface area contributed by atoms with Crippen molar-refractivity contribution in [3.8, 4) is 5.69 Å². The van der Waals surface area contributed by atoms with E-state index < -0.39 is 0 Å². The average Bonchev–Trinajstić information content (AvgIpc) is 3.03. The molecule has 1 aliphatic heterocycles. The van der Waals surface area contributed by atoms with Gasteiger partial charge in [-0.15, -0.1) is 0 Å². The summed E-state index contributed by atoms with van der Waals surface area (Å²) in [7, 11) is 0. The van der Waals surface area contributed by atoms with Gasteiger partial charge in [-0.2, -0.15) is 0 Å². The molecule has 2 heterocycles. The van der Waals surface area contributed by atoms with Gasteiger partial charge in [-0.25, -0.2) is 4.98 Å². The summed E-state index contributed by atoms with van der Waals surface area (Å²) >= 11 is 1.30. The molecule has 5 nitrogen and oxygen atoms in total. The molecule has 1 saturated heterocycles. The molecule has 0 radical (unpaired) electrons. The number of para-hydroxylation sites is 1. The first kappa shape index (κ1) is 16.8. The Balaban J connectivity index is 1.97. The highest BCUT2D eigenvalue weighted by Crippen LogP contribution is 2.31. The Labute approximate surface area is 155 Å². The molecular weight excluding hydrogens is 348 g/mol. The molecule has 3 aromatic rings. The van der Waals surface area contributed by atoms with Gasteiger partial charge in [-0.05, 0) is 43.2 Å². The fourth-order valence-electron chi connectivity index (χ4n) is 3.08. The van der Waals surface area contributed by atoms with Gasteiger partial charge in [0.05, 0.1) is 23.2 Å². The molecule has 0 spiro atoms. The summed E-state index contributed by atoms with van der Waals surface area (Å²) in [5.74, 6) is -0.245. The number of hydrogen-bond donors (Lipinski definition) is 0. The topological polar surface area (TPSA) is 61.2 Å². The number of cyclic esters (lactones) is 1. The lowest BCUT2D eigenvalue weighted by molar-refractivity contribution is -0.137. The molecule has 1 atom stereocenters. The van der Waals surface area contributed by atoms with Crippen molar-refractivity contribution in [2.75, 3.05) is 6.61 Å². The Morgan fingerprint density at radius 2 is 1.96 bits per heavy atom. The van der Waals surface area contributed by atoms with Crippen molar-refractivity contribution >= 4 is 28.6 Å². The molecule has 0 saturated carbocycles. The smallest absolute Gasteiger partial charge is 0.319 e. The van der Waals surface area contributed by atoms with E-state index in [4.69, 9.17) is 9.72 Å². The fraction of sp³-hybridized carbons (Fsp3) is 0.250. The number of nitrogens with zero attached hydrogens (tertiary/aromatic N) is 2. The number of ether oxygens (including phenoxy) is 1. The van der Waals surface area contributed by atoms with E-state index >= 15 is 0 Å². The van der Waals surface area contributed by atoms with Crippen LogP contribution in [0.25, 0.3) is 16.6 Å². The maximum absolute atomic E-state index is 13.3. The van der Waals surface area contributed by atoms with Crippen molar-refractivity contribution in [1.29, 1.82) is 0 Å². The molecular formula is C20H18N2O3S. The molecule has 0 amide bonds. The van der Waals surface area contributed by atoms with Crippen LogP contribution >= 0.6 is 11.8 Å². The fourth-order valence-corrected chi connectivity index (χ4v) is 4.15. The zero-order valence-electron chi connectivity index (χ0n) is 14.6. The van der Waals surface area contributed by atoms with Gasteiger partial charge in [0.15, 0.2) is 5.16 Å². The number of aromatic nitrogens is 2. The third kappa shape index (κ3) is 2.90. The minimum absolute atomic E-state index is 0.127. The number of benzene rings is 2. The van der Waals surface area contributed by atoms with Gasteiger partial charge in [-0.3, -0.25) is 14.2 Å². The van der Waals surface area contributed by atoms with Crippen LogP contribution in [0.4, 0.5) is 0 Å². The normalized spacial score (nSPS) is 16.8. The SMILES string of the molecule is Cc1ccc(C)c(-n2c(S[C@@H]3CCOC3=O)nc3ccccc3c2=O)c1.